The number of rotatable bonds is 4. The fraction of sp³-hybridized carbons (Fsp3) is 0.941. The maximum absolute atomic E-state index is 11.0. The highest BCUT2D eigenvalue weighted by Gasteiger charge is 2.35. The number of carbonyl (C=O) groups is 1. The molecule has 2 heteroatoms. The van der Waals surface area contributed by atoms with Crippen LogP contribution in [0.1, 0.15) is 71.6 Å². The second-order valence-electron chi connectivity index (χ2n) is 7.06. The van der Waals surface area contributed by atoms with E-state index in [0.717, 1.165) is 49.4 Å². The number of hydrogen-bond acceptors (Lipinski definition) is 1. The standard InChI is InChI=1S/C17H30O2/c1-3-4-13-5-10-16(12(2)11-13)14-6-8-15(9-7-14)17(18)19/h12-16H,3-11H2,1-2H3,(H,18,19)/t12?,13?,14-,15-,16?. The van der Waals surface area contributed by atoms with E-state index in [0.29, 0.717) is 0 Å². The van der Waals surface area contributed by atoms with Gasteiger partial charge in [0.15, 0.2) is 0 Å². The van der Waals surface area contributed by atoms with Crippen LogP contribution in [0.4, 0.5) is 0 Å². The molecule has 0 aromatic heterocycles. The molecule has 2 aliphatic carbocycles. The average molecular weight is 266 g/mol. The summed E-state index contributed by atoms with van der Waals surface area (Å²) in [6.45, 7) is 4.74. The summed E-state index contributed by atoms with van der Waals surface area (Å²) in [5, 5.41) is 9.08. The molecular formula is C17H30O2. The van der Waals surface area contributed by atoms with Crippen molar-refractivity contribution in [1.82, 2.24) is 0 Å². The van der Waals surface area contributed by atoms with Crippen molar-refractivity contribution in [1.29, 1.82) is 0 Å². The Morgan fingerprint density at radius 1 is 1.11 bits per heavy atom. The summed E-state index contributed by atoms with van der Waals surface area (Å²) in [7, 11) is 0. The number of hydrogen-bond donors (Lipinski definition) is 1. The van der Waals surface area contributed by atoms with Crippen LogP contribution in [0.3, 0.4) is 0 Å². The first-order chi connectivity index (χ1) is 9.11. The summed E-state index contributed by atoms with van der Waals surface area (Å²) in [6.07, 6.45) is 11.1. The third kappa shape index (κ3) is 3.73. The third-order valence-electron chi connectivity index (χ3n) is 5.77. The molecule has 3 atom stereocenters. The predicted molar refractivity (Wildman–Crippen MR) is 78.0 cm³/mol. The van der Waals surface area contributed by atoms with E-state index in [9.17, 15) is 4.79 Å². The number of carboxylic acids is 1. The molecule has 0 bridgehead atoms. The van der Waals surface area contributed by atoms with Crippen LogP contribution in [0.25, 0.3) is 0 Å². The Labute approximate surface area is 118 Å². The van der Waals surface area contributed by atoms with Gasteiger partial charge in [0.05, 0.1) is 5.92 Å². The minimum absolute atomic E-state index is 0.0528. The van der Waals surface area contributed by atoms with Gasteiger partial charge in [0.1, 0.15) is 0 Å². The van der Waals surface area contributed by atoms with Gasteiger partial charge in [-0.15, -0.1) is 0 Å². The van der Waals surface area contributed by atoms with Gasteiger partial charge in [0, 0.05) is 0 Å². The van der Waals surface area contributed by atoms with Crippen molar-refractivity contribution < 1.29 is 9.90 Å². The smallest absolute Gasteiger partial charge is 0.306 e. The normalized spacial score (nSPS) is 40.0. The van der Waals surface area contributed by atoms with Crippen molar-refractivity contribution in [2.45, 2.75) is 71.6 Å². The Kier molecular flexibility index (Phi) is 5.29. The molecule has 2 rings (SSSR count). The maximum Gasteiger partial charge on any atom is 0.306 e. The Morgan fingerprint density at radius 3 is 2.32 bits per heavy atom. The first-order valence-corrected chi connectivity index (χ1v) is 8.34. The zero-order valence-electron chi connectivity index (χ0n) is 12.6. The molecule has 2 fully saturated rings. The molecule has 1 N–H and O–H groups in total. The molecule has 3 unspecified atom stereocenters. The highest BCUT2D eigenvalue weighted by atomic mass is 16.4. The fourth-order valence-electron chi connectivity index (χ4n) is 4.70. The SMILES string of the molecule is CCCC1CCC([C@H]2CC[C@H](C(=O)O)CC2)C(C)C1. The van der Waals surface area contributed by atoms with E-state index in [1.165, 1.54) is 32.1 Å². The van der Waals surface area contributed by atoms with Crippen LogP contribution in [-0.2, 0) is 4.79 Å². The van der Waals surface area contributed by atoms with Crippen molar-refractivity contribution in [3.8, 4) is 0 Å². The lowest BCUT2D eigenvalue weighted by Gasteiger charge is -2.41. The van der Waals surface area contributed by atoms with E-state index >= 15 is 0 Å². The molecule has 110 valence electrons. The third-order valence-corrected chi connectivity index (χ3v) is 5.77. The minimum Gasteiger partial charge on any atom is -0.481 e. The van der Waals surface area contributed by atoms with Crippen molar-refractivity contribution >= 4 is 5.97 Å². The van der Waals surface area contributed by atoms with Gasteiger partial charge in [0.25, 0.3) is 0 Å². The lowest BCUT2D eigenvalue weighted by molar-refractivity contribution is -0.143. The van der Waals surface area contributed by atoms with E-state index in [2.05, 4.69) is 13.8 Å². The Hall–Kier alpha value is -0.530. The maximum atomic E-state index is 11.0. The van der Waals surface area contributed by atoms with Crippen LogP contribution >= 0.6 is 0 Å². The molecule has 0 amide bonds. The van der Waals surface area contributed by atoms with E-state index < -0.39 is 5.97 Å². The molecular weight excluding hydrogens is 236 g/mol. The molecule has 0 aromatic rings. The van der Waals surface area contributed by atoms with Crippen molar-refractivity contribution in [2.75, 3.05) is 0 Å². The summed E-state index contributed by atoms with van der Waals surface area (Å²) < 4.78 is 0. The minimum atomic E-state index is -0.571. The second kappa shape index (κ2) is 6.76. The first kappa shape index (κ1) is 14.9. The van der Waals surface area contributed by atoms with Gasteiger partial charge in [0.2, 0.25) is 0 Å². The number of carboxylic acid groups (broad SMARTS) is 1. The van der Waals surface area contributed by atoms with Gasteiger partial charge in [-0.2, -0.15) is 0 Å². The predicted octanol–water partition coefficient (Wildman–Crippen LogP) is 4.73. The van der Waals surface area contributed by atoms with Gasteiger partial charge in [-0.25, -0.2) is 0 Å². The van der Waals surface area contributed by atoms with Gasteiger partial charge in [-0.1, -0.05) is 33.1 Å². The van der Waals surface area contributed by atoms with E-state index in [1.807, 2.05) is 0 Å². The van der Waals surface area contributed by atoms with Crippen molar-refractivity contribution in [3.63, 3.8) is 0 Å². The van der Waals surface area contributed by atoms with Crippen molar-refractivity contribution in [3.05, 3.63) is 0 Å². The summed E-state index contributed by atoms with van der Waals surface area (Å²) in [4.78, 5) is 11.0. The lowest BCUT2D eigenvalue weighted by atomic mass is 9.64. The van der Waals surface area contributed by atoms with Crippen LogP contribution in [-0.4, -0.2) is 11.1 Å². The van der Waals surface area contributed by atoms with E-state index in [1.54, 1.807) is 0 Å². The van der Waals surface area contributed by atoms with Crippen LogP contribution < -0.4 is 0 Å². The molecule has 2 nitrogen and oxygen atoms in total. The lowest BCUT2D eigenvalue weighted by Crippen LogP contribution is -2.32. The summed E-state index contributed by atoms with van der Waals surface area (Å²) in [6, 6.07) is 0. The molecule has 2 saturated carbocycles. The van der Waals surface area contributed by atoms with Gasteiger partial charge < -0.3 is 5.11 Å². The van der Waals surface area contributed by atoms with Gasteiger partial charge in [-0.05, 0) is 62.2 Å². The first-order valence-electron chi connectivity index (χ1n) is 8.34. The largest absolute Gasteiger partial charge is 0.481 e. The molecule has 19 heavy (non-hydrogen) atoms. The van der Waals surface area contributed by atoms with Gasteiger partial charge in [-0.3, -0.25) is 4.79 Å². The van der Waals surface area contributed by atoms with E-state index in [4.69, 9.17) is 5.11 Å². The molecule has 0 aliphatic heterocycles. The summed E-state index contributed by atoms with van der Waals surface area (Å²) >= 11 is 0. The van der Waals surface area contributed by atoms with Crippen LogP contribution in [0.2, 0.25) is 0 Å². The summed E-state index contributed by atoms with van der Waals surface area (Å²) in [5.74, 6) is 2.89. The molecule has 0 radical (unpaired) electrons. The molecule has 0 spiro atoms. The topological polar surface area (TPSA) is 37.3 Å². The zero-order chi connectivity index (χ0) is 13.8. The van der Waals surface area contributed by atoms with Crippen molar-refractivity contribution in [2.24, 2.45) is 29.6 Å². The molecule has 0 aromatic carbocycles. The van der Waals surface area contributed by atoms with Gasteiger partial charge >= 0.3 is 5.97 Å². The fourth-order valence-corrected chi connectivity index (χ4v) is 4.70. The quantitative estimate of drug-likeness (QED) is 0.798. The zero-order valence-corrected chi connectivity index (χ0v) is 12.6. The average Bonchev–Trinajstić information content (AvgIpc) is 2.39. The van der Waals surface area contributed by atoms with Crippen LogP contribution in [0.5, 0.6) is 0 Å². The highest BCUT2D eigenvalue weighted by molar-refractivity contribution is 5.69. The molecule has 0 heterocycles. The summed E-state index contributed by atoms with van der Waals surface area (Å²) in [5.41, 5.74) is 0. The molecule has 2 aliphatic rings. The Balaban J connectivity index is 1.82. The highest BCUT2D eigenvalue weighted by Crippen LogP contribution is 2.45. The van der Waals surface area contributed by atoms with Crippen LogP contribution in [0, 0.1) is 29.6 Å². The Morgan fingerprint density at radius 2 is 1.79 bits per heavy atom. The second-order valence-corrected chi connectivity index (χ2v) is 7.06. The van der Waals surface area contributed by atoms with E-state index in [-0.39, 0.29) is 5.92 Å². The Bertz CT molecular complexity index is 292. The van der Waals surface area contributed by atoms with Crippen LogP contribution in [0.15, 0.2) is 0 Å². The molecule has 0 saturated heterocycles. The number of aliphatic carboxylic acids is 1. The monoisotopic (exact) mass is 266 g/mol.